The Hall–Kier alpha value is -0.820. The molecular weight excluding hydrogens is 298 g/mol. The molecule has 0 fully saturated rings. The first kappa shape index (κ1) is 17.2. The van der Waals surface area contributed by atoms with Crippen LogP contribution in [0.25, 0.3) is 0 Å². The van der Waals surface area contributed by atoms with Crippen LogP contribution >= 0.6 is 11.6 Å². The van der Waals surface area contributed by atoms with Crippen LogP contribution in [0, 0.1) is 0 Å². The molecule has 0 spiro atoms. The second-order valence-corrected chi connectivity index (χ2v) is 7.09. The number of halogens is 1. The zero-order chi connectivity index (χ0) is 15.3. The zero-order valence-electron chi connectivity index (χ0n) is 12.1. The van der Waals surface area contributed by atoms with Crippen LogP contribution in [0.2, 0.25) is 5.02 Å². The van der Waals surface area contributed by atoms with Crippen molar-refractivity contribution in [2.24, 2.45) is 0 Å². The number of nitrogens with zero attached hydrogens (tertiary/aromatic N) is 2. The summed E-state index contributed by atoms with van der Waals surface area (Å²) in [7, 11) is 0.258. The third kappa shape index (κ3) is 4.09. The molecular formula is C13H22ClN3O2S. The maximum atomic E-state index is 12.6. The Labute approximate surface area is 126 Å². The molecule has 0 saturated heterocycles. The lowest BCUT2D eigenvalue weighted by Crippen LogP contribution is -2.34. The van der Waals surface area contributed by atoms with Crippen LogP contribution in [0.4, 0.5) is 5.69 Å². The topological polar surface area (TPSA) is 66.6 Å². The zero-order valence-corrected chi connectivity index (χ0v) is 13.7. The van der Waals surface area contributed by atoms with Crippen molar-refractivity contribution in [3.8, 4) is 0 Å². The third-order valence-electron chi connectivity index (χ3n) is 2.96. The van der Waals surface area contributed by atoms with E-state index in [0.29, 0.717) is 13.1 Å². The van der Waals surface area contributed by atoms with E-state index in [2.05, 4.69) is 0 Å². The van der Waals surface area contributed by atoms with E-state index in [0.717, 1.165) is 13.0 Å². The Balaban J connectivity index is 3.01. The average Bonchev–Trinajstić information content (AvgIpc) is 2.33. The predicted molar refractivity (Wildman–Crippen MR) is 83.5 cm³/mol. The van der Waals surface area contributed by atoms with Crippen molar-refractivity contribution in [2.45, 2.75) is 18.2 Å². The standard InChI is InChI=1S/C13H22ClN3O2S/c1-4-17(10-6-9-16(2)3)20(18,19)13-11(14)7-5-8-12(13)15/h5,7-8H,4,6,9-10,15H2,1-3H3. The van der Waals surface area contributed by atoms with E-state index >= 15 is 0 Å². The third-order valence-corrected chi connectivity index (χ3v) is 5.48. The first-order valence-corrected chi connectivity index (χ1v) is 8.31. The summed E-state index contributed by atoms with van der Waals surface area (Å²) in [5.41, 5.74) is 5.96. The van der Waals surface area contributed by atoms with Crippen LogP contribution in [-0.4, -0.2) is 51.4 Å². The number of nitrogens with two attached hydrogens (primary N) is 1. The molecule has 0 aliphatic rings. The Morgan fingerprint density at radius 3 is 2.40 bits per heavy atom. The first-order chi connectivity index (χ1) is 9.30. The summed E-state index contributed by atoms with van der Waals surface area (Å²) in [4.78, 5) is 2.03. The molecule has 1 rings (SSSR count). The highest BCUT2D eigenvalue weighted by Gasteiger charge is 2.27. The molecule has 0 bridgehead atoms. The van der Waals surface area contributed by atoms with E-state index in [1.165, 1.54) is 4.31 Å². The lowest BCUT2D eigenvalue weighted by molar-refractivity contribution is 0.356. The highest BCUT2D eigenvalue weighted by Crippen LogP contribution is 2.29. The van der Waals surface area contributed by atoms with Crippen molar-refractivity contribution >= 4 is 27.3 Å². The molecule has 0 aliphatic heterocycles. The number of nitrogen functional groups attached to an aromatic ring is 1. The van der Waals surface area contributed by atoms with E-state index in [1.54, 1.807) is 25.1 Å². The lowest BCUT2D eigenvalue weighted by Gasteiger charge is -2.22. The van der Waals surface area contributed by atoms with Gasteiger partial charge in [-0.1, -0.05) is 24.6 Å². The fourth-order valence-electron chi connectivity index (χ4n) is 1.94. The van der Waals surface area contributed by atoms with Gasteiger partial charge in [0.25, 0.3) is 0 Å². The number of rotatable bonds is 7. The minimum atomic E-state index is -3.65. The maximum absolute atomic E-state index is 12.6. The van der Waals surface area contributed by atoms with Gasteiger partial charge >= 0.3 is 0 Å². The molecule has 0 amide bonds. The highest BCUT2D eigenvalue weighted by atomic mass is 35.5. The van der Waals surface area contributed by atoms with Crippen molar-refractivity contribution in [3.63, 3.8) is 0 Å². The molecule has 7 heteroatoms. The molecule has 1 aromatic rings. The van der Waals surface area contributed by atoms with Crippen molar-refractivity contribution in [3.05, 3.63) is 23.2 Å². The van der Waals surface area contributed by atoms with Gasteiger partial charge in [0.15, 0.2) is 0 Å². The van der Waals surface area contributed by atoms with Gasteiger partial charge in [0.05, 0.1) is 10.7 Å². The van der Waals surface area contributed by atoms with E-state index < -0.39 is 10.0 Å². The summed E-state index contributed by atoms with van der Waals surface area (Å²) < 4.78 is 26.7. The summed E-state index contributed by atoms with van der Waals surface area (Å²) in [5, 5.41) is 0.163. The van der Waals surface area contributed by atoms with E-state index in [-0.39, 0.29) is 15.6 Å². The van der Waals surface area contributed by atoms with Crippen molar-refractivity contribution < 1.29 is 8.42 Å². The van der Waals surface area contributed by atoms with Gasteiger partial charge in [-0.25, -0.2) is 8.42 Å². The molecule has 0 heterocycles. The average molecular weight is 320 g/mol. The van der Waals surface area contributed by atoms with Crippen LogP contribution < -0.4 is 5.73 Å². The van der Waals surface area contributed by atoms with Gasteiger partial charge < -0.3 is 10.6 Å². The molecule has 0 radical (unpaired) electrons. The van der Waals surface area contributed by atoms with Gasteiger partial charge in [-0.2, -0.15) is 4.31 Å². The monoisotopic (exact) mass is 319 g/mol. The number of benzene rings is 1. The van der Waals surface area contributed by atoms with Gasteiger partial charge in [-0.05, 0) is 39.2 Å². The number of sulfonamides is 1. The minimum absolute atomic E-state index is 0.00775. The van der Waals surface area contributed by atoms with E-state index in [4.69, 9.17) is 17.3 Å². The fourth-order valence-corrected chi connectivity index (χ4v) is 4.06. The van der Waals surface area contributed by atoms with Gasteiger partial charge in [0.2, 0.25) is 10.0 Å². The molecule has 0 atom stereocenters. The van der Waals surface area contributed by atoms with Gasteiger partial charge in [0.1, 0.15) is 4.90 Å². The summed E-state index contributed by atoms with van der Waals surface area (Å²) in [5.74, 6) is 0. The van der Waals surface area contributed by atoms with Gasteiger partial charge in [-0.15, -0.1) is 0 Å². The maximum Gasteiger partial charge on any atom is 0.246 e. The van der Waals surface area contributed by atoms with Crippen LogP contribution in [0.15, 0.2) is 23.1 Å². The number of hydrogen-bond acceptors (Lipinski definition) is 4. The second kappa shape index (κ2) is 7.26. The Morgan fingerprint density at radius 2 is 1.90 bits per heavy atom. The van der Waals surface area contributed by atoms with Gasteiger partial charge in [-0.3, -0.25) is 0 Å². The van der Waals surface area contributed by atoms with Crippen LogP contribution in [0.5, 0.6) is 0 Å². The smallest absolute Gasteiger partial charge is 0.246 e. The molecule has 20 heavy (non-hydrogen) atoms. The summed E-state index contributed by atoms with van der Waals surface area (Å²) in [6.45, 7) is 3.46. The lowest BCUT2D eigenvalue weighted by atomic mass is 10.3. The van der Waals surface area contributed by atoms with Crippen molar-refractivity contribution in [1.29, 1.82) is 0 Å². The largest absolute Gasteiger partial charge is 0.398 e. The fraction of sp³-hybridized carbons (Fsp3) is 0.538. The summed E-state index contributed by atoms with van der Waals surface area (Å²) in [6, 6.07) is 4.73. The normalized spacial score (nSPS) is 12.3. The summed E-state index contributed by atoms with van der Waals surface area (Å²) in [6.07, 6.45) is 0.754. The van der Waals surface area contributed by atoms with Crippen LogP contribution in [0.1, 0.15) is 13.3 Å². The van der Waals surface area contributed by atoms with Crippen LogP contribution in [0.3, 0.4) is 0 Å². The molecule has 0 aromatic heterocycles. The first-order valence-electron chi connectivity index (χ1n) is 6.49. The quantitative estimate of drug-likeness (QED) is 0.779. The minimum Gasteiger partial charge on any atom is -0.398 e. The summed E-state index contributed by atoms with van der Waals surface area (Å²) >= 11 is 6.01. The molecule has 1 aromatic carbocycles. The number of anilines is 1. The van der Waals surface area contributed by atoms with E-state index in [9.17, 15) is 8.42 Å². The molecule has 0 saturated carbocycles. The van der Waals surface area contributed by atoms with Crippen molar-refractivity contribution in [2.75, 3.05) is 39.5 Å². The van der Waals surface area contributed by atoms with Crippen LogP contribution in [-0.2, 0) is 10.0 Å². The molecule has 0 aliphatic carbocycles. The molecule has 114 valence electrons. The highest BCUT2D eigenvalue weighted by molar-refractivity contribution is 7.89. The molecule has 5 nitrogen and oxygen atoms in total. The predicted octanol–water partition coefficient (Wildman–Crippen LogP) is 1.88. The Bertz CT molecular complexity index is 526. The SMILES string of the molecule is CCN(CCCN(C)C)S(=O)(=O)c1c(N)cccc1Cl. The Kier molecular flexibility index (Phi) is 6.26. The van der Waals surface area contributed by atoms with E-state index in [1.807, 2.05) is 19.0 Å². The second-order valence-electron chi connectivity index (χ2n) is 4.81. The van der Waals surface area contributed by atoms with Crippen molar-refractivity contribution in [1.82, 2.24) is 9.21 Å². The van der Waals surface area contributed by atoms with Gasteiger partial charge in [0, 0.05) is 13.1 Å². The Morgan fingerprint density at radius 1 is 1.25 bits per heavy atom. The molecule has 0 unspecified atom stereocenters. The number of hydrogen-bond donors (Lipinski definition) is 1. The molecule has 2 N–H and O–H groups in total.